The summed E-state index contributed by atoms with van der Waals surface area (Å²) in [7, 11) is 0. The van der Waals surface area contributed by atoms with Crippen molar-refractivity contribution >= 4 is 11.8 Å². The van der Waals surface area contributed by atoms with Gasteiger partial charge in [0.15, 0.2) is 0 Å². The lowest BCUT2D eigenvalue weighted by molar-refractivity contribution is -0.138. The van der Waals surface area contributed by atoms with Gasteiger partial charge < -0.3 is 10.2 Å². The first kappa shape index (κ1) is 22.5. The first-order chi connectivity index (χ1) is 15.5. The number of piperazine rings is 1. The molecule has 1 aromatic carbocycles. The van der Waals surface area contributed by atoms with Crippen LogP contribution in [0.4, 0.5) is 0 Å². The van der Waals surface area contributed by atoms with Gasteiger partial charge in [0, 0.05) is 36.9 Å². The van der Waals surface area contributed by atoms with Gasteiger partial charge in [0.25, 0.3) is 0 Å². The van der Waals surface area contributed by atoms with Crippen molar-refractivity contribution < 1.29 is 9.59 Å². The van der Waals surface area contributed by atoms with E-state index in [1.807, 2.05) is 58.7 Å². The lowest BCUT2D eigenvalue weighted by Crippen LogP contribution is -2.54. The first-order valence-corrected chi connectivity index (χ1v) is 11.9. The number of carbonyl (C=O) groups excluding carboxylic acids is 2. The molecule has 7 heteroatoms. The number of benzene rings is 1. The molecule has 172 valence electrons. The SMILES string of the molecule is CCN(C(=O)CN1CCNC(=O)C1c1c(C)nn(-c2ccccc2)c1C)C1CCCCC1. The average molecular weight is 438 g/mol. The van der Waals surface area contributed by atoms with Crippen LogP contribution in [0.5, 0.6) is 0 Å². The van der Waals surface area contributed by atoms with Gasteiger partial charge in [-0.15, -0.1) is 0 Å². The van der Waals surface area contributed by atoms with E-state index in [9.17, 15) is 9.59 Å². The summed E-state index contributed by atoms with van der Waals surface area (Å²) in [5.74, 6) is 0.0773. The zero-order valence-corrected chi connectivity index (χ0v) is 19.5. The third-order valence-electron chi connectivity index (χ3n) is 6.95. The molecule has 2 amide bonds. The molecular formula is C25H35N5O2. The second-order valence-corrected chi connectivity index (χ2v) is 8.97. The number of hydrogen-bond donors (Lipinski definition) is 1. The van der Waals surface area contributed by atoms with Crippen LogP contribution in [0.1, 0.15) is 62.0 Å². The highest BCUT2D eigenvalue weighted by molar-refractivity contribution is 5.86. The maximum absolute atomic E-state index is 13.4. The number of nitrogens with one attached hydrogen (secondary N) is 1. The number of hydrogen-bond acceptors (Lipinski definition) is 4. The van der Waals surface area contributed by atoms with Crippen molar-refractivity contribution in [1.82, 2.24) is 24.9 Å². The molecule has 1 aromatic heterocycles. The third kappa shape index (κ3) is 4.44. The smallest absolute Gasteiger partial charge is 0.242 e. The molecule has 2 aromatic rings. The molecule has 0 spiro atoms. The highest BCUT2D eigenvalue weighted by Crippen LogP contribution is 2.31. The molecule has 1 saturated carbocycles. The summed E-state index contributed by atoms with van der Waals surface area (Å²) >= 11 is 0. The number of likely N-dealkylation sites (N-methyl/N-ethyl adjacent to an activating group) is 1. The summed E-state index contributed by atoms with van der Waals surface area (Å²) < 4.78 is 1.90. The molecule has 1 aliphatic heterocycles. The molecule has 7 nitrogen and oxygen atoms in total. The van der Waals surface area contributed by atoms with E-state index in [4.69, 9.17) is 5.10 Å². The van der Waals surface area contributed by atoms with Crippen LogP contribution in [0.2, 0.25) is 0 Å². The summed E-state index contributed by atoms with van der Waals surface area (Å²) in [6, 6.07) is 9.79. The zero-order chi connectivity index (χ0) is 22.7. The van der Waals surface area contributed by atoms with Crippen LogP contribution in [-0.4, -0.2) is 63.6 Å². The molecule has 1 N–H and O–H groups in total. The summed E-state index contributed by atoms with van der Waals surface area (Å²) in [6.45, 7) is 8.21. The molecule has 1 saturated heterocycles. The van der Waals surface area contributed by atoms with Crippen molar-refractivity contribution in [1.29, 1.82) is 0 Å². The second kappa shape index (κ2) is 9.86. The van der Waals surface area contributed by atoms with Crippen molar-refractivity contribution in [3.63, 3.8) is 0 Å². The number of para-hydroxylation sites is 1. The van der Waals surface area contributed by atoms with E-state index < -0.39 is 6.04 Å². The molecule has 1 aliphatic carbocycles. The summed E-state index contributed by atoms with van der Waals surface area (Å²) in [5.41, 5.74) is 3.63. The maximum atomic E-state index is 13.4. The van der Waals surface area contributed by atoms with E-state index in [1.54, 1.807) is 0 Å². The fourth-order valence-electron chi connectivity index (χ4n) is 5.36. The van der Waals surface area contributed by atoms with Crippen molar-refractivity contribution in [3.05, 3.63) is 47.3 Å². The van der Waals surface area contributed by atoms with Crippen LogP contribution < -0.4 is 5.32 Å². The van der Waals surface area contributed by atoms with E-state index in [-0.39, 0.29) is 18.4 Å². The summed E-state index contributed by atoms with van der Waals surface area (Å²) in [4.78, 5) is 30.5. The quantitative estimate of drug-likeness (QED) is 0.754. The first-order valence-electron chi connectivity index (χ1n) is 11.9. The minimum absolute atomic E-state index is 0.0522. The molecule has 1 unspecified atom stereocenters. The Morgan fingerprint density at radius 3 is 2.56 bits per heavy atom. The highest BCUT2D eigenvalue weighted by atomic mass is 16.2. The van der Waals surface area contributed by atoms with E-state index in [1.165, 1.54) is 19.3 Å². The molecule has 4 rings (SSSR count). The van der Waals surface area contributed by atoms with Gasteiger partial charge in [0.1, 0.15) is 6.04 Å². The predicted octanol–water partition coefficient (Wildman–Crippen LogP) is 3.14. The topological polar surface area (TPSA) is 70.5 Å². The molecular weight excluding hydrogens is 402 g/mol. The van der Waals surface area contributed by atoms with Crippen LogP contribution in [-0.2, 0) is 9.59 Å². The molecule has 2 heterocycles. The average Bonchev–Trinajstić information content (AvgIpc) is 3.10. The Morgan fingerprint density at radius 2 is 1.88 bits per heavy atom. The number of aromatic nitrogens is 2. The van der Waals surface area contributed by atoms with Gasteiger partial charge in [-0.3, -0.25) is 14.5 Å². The summed E-state index contributed by atoms with van der Waals surface area (Å²) in [6.07, 6.45) is 5.83. The van der Waals surface area contributed by atoms with E-state index in [2.05, 4.69) is 12.2 Å². The van der Waals surface area contributed by atoms with E-state index in [0.29, 0.717) is 19.1 Å². The number of amides is 2. The molecule has 32 heavy (non-hydrogen) atoms. The molecule has 2 fully saturated rings. The van der Waals surface area contributed by atoms with Gasteiger partial charge in [-0.2, -0.15) is 5.10 Å². The van der Waals surface area contributed by atoms with Crippen molar-refractivity contribution in [2.24, 2.45) is 0 Å². The van der Waals surface area contributed by atoms with Crippen molar-refractivity contribution in [3.8, 4) is 5.69 Å². The molecule has 1 atom stereocenters. The van der Waals surface area contributed by atoms with Gasteiger partial charge in [-0.25, -0.2) is 4.68 Å². The Labute approximate surface area is 190 Å². The zero-order valence-electron chi connectivity index (χ0n) is 19.5. The Bertz CT molecular complexity index is 949. The normalized spacial score (nSPS) is 20.2. The monoisotopic (exact) mass is 437 g/mol. The Balaban J connectivity index is 1.60. The number of carbonyl (C=O) groups is 2. The standard InChI is InChI=1S/C25H35N5O2/c1-4-29(20-11-7-5-8-12-20)22(31)17-28-16-15-26-25(32)24(28)23-18(2)27-30(19(23)3)21-13-9-6-10-14-21/h6,9-10,13-14,20,24H,4-5,7-8,11-12,15-17H2,1-3H3,(H,26,32). The van der Waals surface area contributed by atoms with Gasteiger partial charge >= 0.3 is 0 Å². The van der Waals surface area contributed by atoms with Gasteiger partial charge in [-0.05, 0) is 45.7 Å². The second-order valence-electron chi connectivity index (χ2n) is 8.97. The van der Waals surface area contributed by atoms with Gasteiger partial charge in [-0.1, -0.05) is 37.5 Å². The Morgan fingerprint density at radius 1 is 1.16 bits per heavy atom. The van der Waals surface area contributed by atoms with E-state index in [0.717, 1.165) is 42.0 Å². The van der Waals surface area contributed by atoms with Crippen LogP contribution in [0.25, 0.3) is 5.69 Å². The Kier molecular flexibility index (Phi) is 6.94. The highest BCUT2D eigenvalue weighted by Gasteiger charge is 2.37. The number of aryl methyl sites for hydroxylation is 1. The Hall–Kier alpha value is -2.67. The van der Waals surface area contributed by atoms with Crippen LogP contribution in [0.15, 0.2) is 30.3 Å². The summed E-state index contributed by atoms with van der Waals surface area (Å²) in [5, 5.41) is 7.74. The third-order valence-corrected chi connectivity index (χ3v) is 6.95. The number of rotatable bonds is 6. The van der Waals surface area contributed by atoms with Crippen molar-refractivity contribution in [2.45, 2.75) is 65.0 Å². The minimum atomic E-state index is -0.504. The lowest BCUT2D eigenvalue weighted by atomic mass is 9.94. The molecule has 0 radical (unpaired) electrons. The minimum Gasteiger partial charge on any atom is -0.353 e. The predicted molar refractivity (Wildman–Crippen MR) is 125 cm³/mol. The van der Waals surface area contributed by atoms with Crippen molar-refractivity contribution in [2.75, 3.05) is 26.2 Å². The lowest BCUT2D eigenvalue weighted by Gasteiger charge is -2.38. The number of nitrogens with zero attached hydrogens (tertiary/aromatic N) is 4. The fraction of sp³-hybridized carbons (Fsp3) is 0.560. The van der Waals surface area contributed by atoms with Crippen LogP contribution in [0, 0.1) is 13.8 Å². The van der Waals surface area contributed by atoms with Gasteiger partial charge in [0.2, 0.25) is 11.8 Å². The van der Waals surface area contributed by atoms with Crippen LogP contribution >= 0.6 is 0 Å². The van der Waals surface area contributed by atoms with Crippen LogP contribution in [0.3, 0.4) is 0 Å². The van der Waals surface area contributed by atoms with Gasteiger partial charge in [0.05, 0.1) is 17.9 Å². The molecule has 2 aliphatic rings. The fourth-order valence-corrected chi connectivity index (χ4v) is 5.36. The molecule has 0 bridgehead atoms. The maximum Gasteiger partial charge on any atom is 0.242 e. The largest absolute Gasteiger partial charge is 0.353 e. The van der Waals surface area contributed by atoms with E-state index >= 15 is 0 Å².